The maximum atomic E-state index is 12.3. The first-order chi connectivity index (χ1) is 9.72. The van der Waals surface area contributed by atoms with E-state index in [4.69, 9.17) is 4.74 Å². The lowest BCUT2D eigenvalue weighted by molar-refractivity contribution is -0.138. The average molecular weight is 290 g/mol. The van der Waals surface area contributed by atoms with Crippen molar-refractivity contribution in [3.8, 4) is 5.75 Å². The van der Waals surface area contributed by atoms with E-state index in [1.54, 1.807) is 0 Å². The Kier molecular flexibility index (Phi) is 6.00. The molecule has 0 radical (unpaired) electrons. The number of aryl methyl sites for hydroxylation is 2. The Hall–Kier alpha value is -1.31. The Labute approximate surface area is 129 Å². The summed E-state index contributed by atoms with van der Waals surface area (Å²) in [4.78, 5) is 12.3. The van der Waals surface area contributed by atoms with Crippen molar-refractivity contribution in [2.75, 3.05) is 0 Å². The van der Waals surface area contributed by atoms with Crippen molar-refractivity contribution >= 4 is 5.97 Å². The van der Waals surface area contributed by atoms with Crippen LogP contribution in [0.1, 0.15) is 70.6 Å². The lowest BCUT2D eigenvalue weighted by Crippen LogP contribution is -2.23. The van der Waals surface area contributed by atoms with Gasteiger partial charge in [-0.15, -0.1) is 0 Å². The molecule has 21 heavy (non-hydrogen) atoms. The van der Waals surface area contributed by atoms with Gasteiger partial charge in [0.2, 0.25) is 0 Å². The van der Waals surface area contributed by atoms with Crippen LogP contribution in [0.15, 0.2) is 12.1 Å². The molecule has 0 heterocycles. The van der Waals surface area contributed by atoms with Crippen LogP contribution in [0, 0.1) is 19.8 Å². The summed E-state index contributed by atoms with van der Waals surface area (Å²) >= 11 is 0. The minimum atomic E-state index is -0.116. The number of hydrogen-bond donors (Lipinski definition) is 0. The number of carbonyl (C=O) groups excluding carboxylic acids is 1. The predicted octanol–water partition coefficient (Wildman–Crippen LogP) is 5.33. The number of carbonyl (C=O) groups is 1. The van der Waals surface area contributed by atoms with Gasteiger partial charge >= 0.3 is 5.97 Å². The molecule has 1 aromatic carbocycles. The Balaban J connectivity index is 3.20. The van der Waals surface area contributed by atoms with Crippen LogP contribution in [-0.2, 0) is 10.2 Å². The highest BCUT2D eigenvalue weighted by Crippen LogP contribution is 2.38. The zero-order valence-corrected chi connectivity index (χ0v) is 14.7. The van der Waals surface area contributed by atoms with Crippen LogP contribution in [0.25, 0.3) is 0 Å². The normalized spacial score (nSPS) is 13.1. The van der Waals surface area contributed by atoms with Crippen LogP contribution >= 0.6 is 0 Å². The SMILES string of the molecule is CCCC(C)C(=O)Oc1cc(C)cc(C)c1C(C)(C)CC. The maximum absolute atomic E-state index is 12.3. The van der Waals surface area contributed by atoms with E-state index < -0.39 is 0 Å². The highest BCUT2D eigenvalue weighted by molar-refractivity contribution is 5.75. The van der Waals surface area contributed by atoms with Gasteiger partial charge in [0.25, 0.3) is 0 Å². The van der Waals surface area contributed by atoms with Crippen LogP contribution in [0.4, 0.5) is 0 Å². The van der Waals surface area contributed by atoms with Crippen LogP contribution < -0.4 is 4.74 Å². The summed E-state index contributed by atoms with van der Waals surface area (Å²) in [6.07, 6.45) is 2.87. The Bertz CT molecular complexity index is 501. The van der Waals surface area contributed by atoms with E-state index in [2.05, 4.69) is 40.7 Å². The van der Waals surface area contributed by atoms with E-state index in [1.807, 2.05) is 19.9 Å². The Morgan fingerprint density at radius 2 is 1.86 bits per heavy atom. The van der Waals surface area contributed by atoms with Gasteiger partial charge in [-0.2, -0.15) is 0 Å². The quantitative estimate of drug-likeness (QED) is 0.522. The third kappa shape index (κ3) is 4.33. The third-order valence-electron chi connectivity index (χ3n) is 4.34. The van der Waals surface area contributed by atoms with E-state index in [9.17, 15) is 4.79 Å². The summed E-state index contributed by atoms with van der Waals surface area (Å²) in [5, 5.41) is 0. The van der Waals surface area contributed by atoms with E-state index in [1.165, 1.54) is 5.56 Å². The summed E-state index contributed by atoms with van der Waals surface area (Å²) in [6.45, 7) is 14.8. The molecule has 0 saturated heterocycles. The fraction of sp³-hybridized carbons (Fsp3) is 0.632. The summed E-state index contributed by atoms with van der Waals surface area (Å²) in [6, 6.07) is 4.16. The molecule has 2 heteroatoms. The van der Waals surface area contributed by atoms with Crippen LogP contribution in [0.5, 0.6) is 5.75 Å². The molecule has 0 aliphatic rings. The van der Waals surface area contributed by atoms with Gasteiger partial charge in [0, 0.05) is 5.56 Å². The topological polar surface area (TPSA) is 26.3 Å². The molecule has 0 amide bonds. The number of ether oxygens (including phenoxy) is 1. The fourth-order valence-electron chi connectivity index (χ4n) is 2.81. The molecule has 1 unspecified atom stereocenters. The first-order valence-electron chi connectivity index (χ1n) is 8.06. The van der Waals surface area contributed by atoms with Crippen LogP contribution in [0.2, 0.25) is 0 Å². The molecule has 0 aromatic heterocycles. The highest BCUT2D eigenvalue weighted by atomic mass is 16.5. The van der Waals surface area contributed by atoms with Gasteiger partial charge in [-0.25, -0.2) is 0 Å². The molecule has 0 spiro atoms. The number of hydrogen-bond acceptors (Lipinski definition) is 2. The smallest absolute Gasteiger partial charge is 0.314 e. The molecule has 0 aliphatic heterocycles. The molecule has 118 valence electrons. The fourth-order valence-corrected chi connectivity index (χ4v) is 2.81. The van der Waals surface area contributed by atoms with Crippen molar-refractivity contribution in [3.63, 3.8) is 0 Å². The lowest BCUT2D eigenvalue weighted by atomic mass is 9.79. The zero-order valence-electron chi connectivity index (χ0n) is 14.7. The number of rotatable bonds is 6. The molecule has 0 aliphatic carbocycles. The van der Waals surface area contributed by atoms with Gasteiger partial charge in [-0.1, -0.05) is 47.1 Å². The predicted molar refractivity (Wildman–Crippen MR) is 88.9 cm³/mol. The average Bonchev–Trinajstić information content (AvgIpc) is 2.37. The molecule has 0 N–H and O–H groups in total. The van der Waals surface area contributed by atoms with Gasteiger partial charge < -0.3 is 4.74 Å². The molecule has 0 bridgehead atoms. The van der Waals surface area contributed by atoms with Gasteiger partial charge in [0.15, 0.2) is 0 Å². The van der Waals surface area contributed by atoms with Crippen LogP contribution in [-0.4, -0.2) is 5.97 Å². The standard InChI is InChI=1S/C19H30O2/c1-8-10-14(4)18(20)21-16-12-13(3)11-15(5)17(16)19(6,7)9-2/h11-12,14H,8-10H2,1-7H3. The molecule has 0 fully saturated rings. The second kappa shape index (κ2) is 7.11. The largest absolute Gasteiger partial charge is 0.426 e. The Morgan fingerprint density at radius 1 is 1.24 bits per heavy atom. The van der Waals surface area contributed by atoms with Crippen molar-refractivity contribution < 1.29 is 9.53 Å². The minimum absolute atomic E-state index is 0.00138. The van der Waals surface area contributed by atoms with Crippen molar-refractivity contribution in [1.82, 2.24) is 0 Å². The van der Waals surface area contributed by atoms with Crippen molar-refractivity contribution in [1.29, 1.82) is 0 Å². The number of benzene rings is 1. The lowest BCUT2D eigenvalue weighted by Gasteiger charge is -2.28. The summed E-state index contributed by atoms with van der Waals surface area (Å²) < 4.78 is 5.77. The first kappa shape index (κ1) is 17.7. The summed E-state index contributed by atoms with van der Waals surface area (Å²) in [5.74, 6) is 0.579. The van der Waals surface area contributed by atoms with Gasteiger partial charge in [0.1, 0.15) is 5.75 Å². The van der Waals surface area contributed by atoms with E-state index >= 15 is 0 Å². The third-order valence-corrected chi connectivity index (χ3v) is 4.34. The minimum Gasteiger partial charge on any atom is -0.426 e. The van der Waals surface area contributed by atoms with Crippen molar-refractivity contribution in [2.24, 2.45) is 5.92 Å². The monoisotopic (exact) mass is 290 g/mol. The van der Waals surface area contributed by atoms with E-state index in [-0.39, 0.29) is 17.3 Å². The highest BCUT2D eigenvalue weighted by Gasteiger charge is 2.27. The van der Waals surface area contributed by atoms with Gasteiger partial charge in [-0.05, 0) is 49.3 Å². The van der Waals surface area contributed by atoms with Crippen LogP contribution in [0.3, 0.4) is 0 Å². The molecular weight excluding hydrogens is 260 g/mol. The molecule has 1 atom stereocenters. The molecule has 2 nitrogen and oxygen atoms in total. The summed E-state index contributed by atoms with van der Waals surface area (Å²) in [7, 11) is 0. The second-order valence-electron chi connectivity index (χ2n) is 6.80. The van der Waals surface area contributed by atoms with Gasteiger partial charge in [0.05, 0.1) is 5.92 Å². The zero-order chi connectivity index (χ0) is 16.2. The van der Waals surface area contributed by atoms with Crippen molar-refractivity contribution in [2.45, 2.75) is 73.1 Å². The van der Waals surface area contributed by atoms with Crippen molar-refractivity contribution in [3.05, 3.63) is 28.8 Å². The molecule has 1 aromatic rings. The molecular formula is C19H30O2. The molecule has 1 rings (SSSR count). The van der Waals surface area contributed by atoms with Gasteiger partial charge in [-0.3, -0.25) is 4.79 Å². The maximum Gasteiger partial charge on any atom is 0.314 e. The molecule has 0 saturated carbocycles. The van der Waals surface area contributed by atoms with E-state index in [0.29, 0.717) is 0 Å². The second-order valence-corrected chi connectivity index (χ2v) is 6.80. The van der Waals surface area contributed by atoms with E-state index in [0.717, 1.165) is 36.1 Å². The summed E-state index contributed by atoms with van der Waals surface area (Å²) in [5.41, 5.74) is 3.50. The first-order valence-corrected chi connectivity index (χ1v) is 8.06. The number of esters is 1. The Morgan fingerprint density at radius 3 is 2.38 bits per heavy atom.